The topological polar surface area (TPSA) is 74.8 Å². The third-order valence-electron chi connectivity index (χ3n) is 5.85. The summed E-state index contributed by atoms with van der Waals surface area (Å²) in [5, 5.41) is 3.73. The molecule has 0 saturated carbocycles. The van der Waals surface area contributed by atoms with Crippen molar-refractivity contribution in [1.82, 2.24) is 15.3 Å². The number of carbonyl (C=O) groups excluding carboxylic acids is 1. The molecule has 0 fully saturated rings. The van der Waals surface area contributed by atoms with Crippen molar-refractivity contribution >= 4 is 27.5 Å². The summed E-state index contributed by atoms with van der Waals surface area (Å²) in [5.41, 5.74) is 3.52. The molecule has 1 aliphatic carbocycles. The van der Waals surface area contributed by atoms with Crippen molar-refractivity contribution in [3.05, 3.63) is 62.0 Å². The van der Waals surface area contributed by atoms with Gasteiger partial charge in [0.2, 0.25) is 5.91 Å². The molecule has 2 N–H and O–H groups in total. The van der Waals surface area contributed by atoms with Gasteiger partial charge in [0.1, 0.15) is 10.7 Å². The number of amides is 1. The molecule has 0 spiro atoms. The van der Waals surface area contributed by atoms with Crippen LogP contribution in [0.4, 0.5) is 0 Å². The lowest BCUT2D eigenvalue weighted by molar-refractivity contribution is -0.121. The minimum atomic E-state index is -0.0555. The van der Waals surface area contributed by atoms with Crippen molar-refractivity contribution in [1.29, 1.82) is 0 Å². The fourth-order valence-electron chi connectivity index (χ4n) is 4.05. The van der Waals surface area contributed by atoms with Gasteiger partial charge in [-0.2, -0.15) is 0 Å². The molecular weight excluding hydrogens is 394 g/mol. The van der Waals surface area contributed by atoms with Crippen LogP contribution in [0.3, 0.4) is 0 Å². The number of thiophene rings is 1. The van der Waals surface area contributed by atoms with Crippen LogP contribution in [0, 0.1) is 0 Å². The highest BCUT2D eigenvalue weighted by Gasteiger charge is 2.19. The predicted octanol–water partition coefficient (Wildman–Crippen LogP) is 4.63. The predicted molar refractivity (Wildman–Crippen MR) is 122 cm³/mol. The summed E-state index contributed by atoms with van der Waals surface area (Å²) < 4.78 is 0. The van der Waals surface area contributed by atoms with Gasteiger partial charge in [-0.05, 0) is 48.3 Å². The zero-order valence-corrected chi connectivity index (χ0v) is 18.5. The van der Waals surface area contributed by atoms with E-state index in [-0.39, 0.29) is 11.5 Å². The summed E-state index contributed by atoms with van der Waals surface area (Å²) in [4.78, 5) is 34.7. The Morgan fingerprint density at radius 2 is 1.93 bits per heavy atom. The van der Waals surface area contributed by atoms with E-state index in [1.807, 2.05) is 0 Å². The Kier molecular flexibility index (Phi) is 6.32. The number of aryl methyl sites for hydroxylation is 3. The molecule has 0 aliphatic heterocycles. The first kappa shape index (κ1) is 20.8. The van der Waals surface area contributed by atoms with Crippen LogP contribution in [0.15, 0.2) is 29.1 Å². The number of fused-ring (bicyclic) bond motifs is 3. The summed E-state index contributed by atoms with van der Waals surface area (Å²) in [6.07, 6.45) is 6.32. The van der Waals surface area contributed by atoms with E-state index in [0.29, 0.717) is 31.1 Å². The van der Waals surface area contributed by atoms with Crippen molar-refractivity contribution in [3.8, 4) is 0 Å². The molecule has 30 heavy (non-hydrogen) atoms. The summed E-state index contributed by atoms with van der Waals surface area (Å²) >= 11 is 1.65. The van der Waals surface area contributed by atoms with Crippen molar-refractivity contribution < 1.29 is 4.79 Å². The second kappa shape index (κ2) is 9.13. The van der Waals surface area contributed by atoms with E-state index < -0.39 is 0 Å². The smallest absolute Gasteiger partial charge is 0.259 e. The van der Waals surface area contributed by atoms with Crippen LogP contribution in [-0.2, 0) is 30.6 Å². The third kappa shape index (κ3) is 4.64. The second-order valence-corrected chi connectivity index (χ2v) is 9.51. The number of rotatable bonds is 6. The summed E-state index contributed by atoms with van der Waals surface area (Å²) in [7, 11) is 0. The number of hydrogen-bond acceptors (Lipinski definition) is 4. The largest absolute Gasteiger partial charge is 0.352 e. The SMILES string of the molecule is CC(C)c1ccc(CNC(=O)CCc2nc3sc4c(c3c(=O)[nH]2)CCCCC4)cc1. The Morgan fingerprint density at radius 1 is 1.17 bits per heavy atom. The zero-order valence-electron chi connectivity index (χ0n) is 17.7. The van der Waals surface area contributed by atoms with Gasteiger partial charge < -0.3 is 10.3 Å². The van der Waals surface area contributed by atoms with Gasteiger partial charge in [-0.1, -0.05) is 44.5 Å². The first-order valence-electron chi connectivity index (χ1n) is 10.9. The van der Waals surface area contributed by atoms with Crippen molar-refractivity contribution in [2.75, 3.05) is 0 Å². The number of benzene rings is 1. The monoisotopic (exact) mass is 423 g/mol. The van der Waals surface area contributed by atoms with Crippen LogP contribution >= 0.6 is 11.3 Å². The Morgan fingerprint density at radius 3 is 2.70 bits per heavy atom. The van der Waals surface area contributed by atoms with Crippen LogP contribution in [0.25, 0.3) is 10.2 Å². The number of H-pyrrole nitrogens is 1. The molecule has 2 aromatic heterocycles. The average Bonchev–Trinajstić information content (AvgIpc) is 2.93. The van der Waals surface area contributed by atoms with Gasteiger partial charge in [-0.3, -0.25) is 9.59 Å². The lowest BCUT2D eigenvalue weighted by Gasteiger charge is -2.08. The highest BCUT2D eigenvalue weighted by atomic mass is 32.1. The van der Waals surface area contributed by atoms with Gasteiger partial charge in [0.05, 0.1) is 5.39 Å². The number of aromatic amines is 1. The first-order chi connectivity index (χ1) is 14.5. The van der Waals surface area contributed by atoms with Crippen LogP contribution in [0.5, 0.6) is 0 Å². The molecule has 3 aromatic rings. The molecule has 0 unspecified atom stereocenters. The van der Waals surface area contributed by atoms with Crippen LogP contribution in [0.2, 0.25) is 0 Å². The van der Waals surface area contributed by atoms with Gasteiger partial charge in [-0.15, -0.1) is 11.3 Å². The molecule has 0 saturated heterocycles. The molecule has 6 heteroatoms. The van der Waals surface area contributed by atoms with E-state index in [9.17, 15) is 9.59 Å². The Balaban J connectivity index is 1.37. The summed E-state index contributed by atoms with van der Waals surface area (Å²) in [5.74, 6) is 1.06. The van der Waals surface area contributed by atoms with Crippen LogP contribution < -0.4 is 10.9 Å². The van der Waals surface area contributed by atoms with Crippen molar-refractivity contribution in [3.63, 3.8) is 0 Å². The molecule has 5 nitrogen and oxygen atoms in total. The maximum Gasteiger partial charge on any atom is 0.259 e. The molecule has 1 amide bonds. The van der Waals surface area contributed by atoms with Gasteiger partial charge in [0.25, 0.3) is 5.56 Å². The Labute approximate surface area is 180 Å². The van der Waals surface area contributed by atoms with Crippen LogP contribution in [0.1, 0.15) is 72.8 Å². The normalized spacial score (nSPS) is 14.0. The minimum Gasteiger partial charge on any atom is -0.352 e. The maximum absolute atomic E-state index is 12.7. The fourth-order valence-corrected chi connectivity index (χ4v) is 5.33. The number of carbonyl (C=O) groups is 1. The summed E-state index contributed by atoms with van der Waals surface area (Å²) in [6.45, 7) is 4.84. The lowest BCUT2D eigenvalue weighted by Crippen LogP contribution is -2.23. The number of hydrogen-bond donors (Lipinski definition) is 2. The summed E-state index contributed by atoms with van der Waals surface area (Å²) in [6, 6.07) is 8.34. The molecule has 2 heterocycles. The number of nitrogens with zero attached hydrogens (tertiary/aromatic N) is 1. The quantitative estimate of drug-likeness (QED) is 0.568. The lowest BCUT2D eigenvalue weighted by atomic mass is 10.0. The van der Waals surface area contributed by atoms with E-state index in [2.05, 4.69) is 53.4 Å². The molecule has 4 rings (SSSR count). The van der Waals surface area contributed by atoms with E-state index in [0.717, 1.165) is 35.0 Å². The minimum absolute atomic E-state index is 0.0346. The fraction of sp³-hybridized carbons (Fsp3) is 0.458. The molecular formula is C24H29N3O2S. The van der Waals surface area contributed by atoms with Crippen molar-refractivity contribution in [2.24, 2.45) is 0 Å². The highest BCUT2D eigenvalue weighted by molar-refractivity contribution is 7.18. The van der Waals surface area contributed by atoms with E-state index in [1.165, 1.54) is 28.8 Å². The molecule has 1 aliphatic rings. The zero-order chi connectivity index (χ0) is 21.1. The number of aromatic nitrogens is 2. The standard InChI is InChI=1S/C24H29N3O2S/c1-15(2)17-10-8-16(9-11-17)14-25-21(28)13-12-20-26-23(29)22-18-6-4-3-5-7-19(18)30-24(22)27-20/h8-11,15H,3-7,12-14H2,1-2H3,(H,25,28)(H,26,27,29). The Bertz CT molecular complexity index is 1100. The average molecular weight is 424 g/mol. The molecule has 158 valence electrons. The Hall–Kier alpha value is -2.47. The van der Waals surface area contributed by atoms with E-state index >= 15 is 0 Å². The number of nitrogens with one attached hydrogen (secondary N) is 2. The van der Waals surface area contributed by atoms with Gasteiger partial charge in [0.15, 0.2) is 0 Å². The highest BCUT2D eigenvalue weighted by Crippen LogP contribution is 2.32. The van der Waals surface area contributed by atoms with Gasteiger partial charge >= 0.3 is 0 Å². The van der Waals surface area contributed by atoms with E-state index in [4.69, 9.17) is 0 Å². The first-order valence-corrected chi connectivity index (χ1v) is 11.7. The molecule has 1 aromatic carbocycles. The van der Waals surface area contributed by atoms with Gasteiger partial charge in [0, 0.05) is 24.3 Å². The molecule has 0 radical (unpaired) electrons. The molecule has 0 bridgehead atoms. The molecule has 0 atom stereocenters. The van der Waals surface area contributed by atoms with Gasteiger partial charge in [-0.25, -0.2) is 4.98 Å². The van der Waals surface area contributed by atoms with Crippen LogP contribution in [-0.4, -0.2) is 15.9 Å². The van der Waals surface area contributed by atoms with E-state index in [1.54, 1.807) is 11.3 Å². The van der Waals surface area contributed by atoms with Crippen molar-refractivity contribution in [2.45, 2.75) is 71.3 Å². The maximum atomic E-state index is 12.7. The second-order valence-electron chi connectivity index (χ2n) is 8.43. The third-order valence-corrected chi connectivity index (χ3v) is 7.03.